The smallest absolute Gasteiger partial charge is 0.416 e. The molecule has 4 aromatic rings. The quantitative estimate of drug-likeness (QED) is 0.566. The van der Waals surface area contributed by atoms with Gasteiger partial charge in [-0.1, -0.05) is 24.3 Å². The number of aromatic hydroxyl groups is 1. The SMILES string of the molecule is Oc1ccc(-n2nc3ccc(C(F)(F)F)cc3n2)c2ccccc12. The van der Waals surface area contributed by atoms with E-state index in [-0.39, 0.29) is 11.3 Å². The molecular formula is C17H10F3N3O. The minimum Gasteiger partial charge on any atom is -0.507 e. The first kappa shape index (κ1) is 14.5. The molecule has 24 heavy (non-hydrogen) atoms. The molecule has 4 nitrogen and oxygen atoms in total. The Labute approximate surface area is 133 Å². The molecule has 0 saturated carbocycles. The zero-order valence-corrected chi connectivity index (χ0v) is 12.1. The van der Waals surface area contributed by atoms with Crippen LogP contribution in [-0.2, 0) is 6.18 Å². The number of phenols is 1. The molecule has 120 valence electrons. The lowest BCUT2D eigenvalue weighted by molar-refractivity contribution is -0.137. The third-order valence-corrected chi connectivity index (χ3v) is 3.80. The van der Waals surface area contributed by atoms with Crippen molar-refractivity contribution in [1.29, 1.82) is 0 Å². The number of nitrogens with zero attached hydrogens (tertiary/aromatic N) is 3. The van der Waals surface area contributed by atoms with Crippen LogP contribution in [0.3, 0.4) is 0 Å². The van der Waals surface area contributed by atoms with Crippen LogP contribution >= 0.6 is 0 Å². The van der Waals surface area contributed by atoms with Crippen LogP contribution in [0.4, 0.5) is 13.2 Å². The van der Waals surface area contributed by atoms with Crippen molar-refractivity contribution in [2.45, 2.75) is 6.18 Å². The Morgan fingerprint density at radius 2 is 1.54 bits per heavy atom. The maximum atomic E-state index is 12.8. The Balaban J connectivity index is 1.93. The Morgan fingerprint density at radius 3 is 2.29 bits per heavy atom. The summed E-state index contributed by atoms with van der Waals surface area (Å²) in [6.07, 6.45) is -4.43. The molecule has 0 aliphatic heterocycles. The van der Waals surface area contributed by atoms with Crippen LogP contribution in [0.25, 0.3) is 27.5 Å². The highest BCUT2D eigenvalue weighted by atomic mass is 19.4. The number of halogens is 3. The molecular weight excluding hydrogens is 319 g/mol. The van der Waals surface area contributed by atoms with E-state index < -0.39 is 11.7 Å². The fourth-order valence-corrected chi connectivity index (χ4v) is 2.64. The van der Waals surface area contributed by atoms with E-state index in [0.29, 0.717) is 22.0 Å². The summed E-state index contributed by atoms with van der Waals surface area (Å²) in [5.41, 5.74) is 0.327. The normalized spacial score (nSPS) is 12.1. The second-order valence-corrected chi connectivity index (χ2v) is 5.34. The van der Waals surface area contributed by atoms with Crippen LogP contribution in [0.1, 0.15) is 5.56 Å². The first-order valence-corrected chi connectivity index (χ1v) is 7.09. The van der Waals surface area contributed by atoms with Gasteiger partial charge in [0.25, 0.3) is 0 Å². The van der Waals surface area contributed by atoms with Gasteiger partial charge in [-0.2, -0.15) is 13.2 Å². The van der Waals surface area contributed by atoms with Crippen molar-refractivity contribution in [3.05, 3.63) is 60.2 Å². The van der Waals surface area contributed by atoms with Crippen LogP contribution in [0.2, 0.25) is 0 Å². The molecule has 0 aliphatic rings. The zero-order valence-electron chi connectivity index (χ0n) is 12.1. The third kappa shape index (κ3) is 2.25. The molecule has 1 N–H and O–H groups in total. The lowest BCUT2D eigenvalue weighted by Crippen LogP contribution is -2.04. The van der Waals surface area contributed by atoms with Gasteiger partial charge in [0.2, 0.25) is 0 Å². The highest BCUT2D eigenvalue weighted by Gasteiger charge is 2.31. The Morgan fingerprint density at radius 1 is 0.833 bits per heavy atom. The summed E-state index contributed by atoms with van der Waals surface area (Å²) in [6, 6.07) is 13.5. The second kappa shape index (κ2) is 4.95. The average Bonchev–Trinajstić information content (AvgIpc) is 2.97. The standard InChI is InChI=1S/C17H10F3N3O/c18-17(19,20)10-5-6-13-14(9-10)22-23(21-13)15-7-8-16(24)12-4-2-1-3-11(12)15/h1-9,24H. The number of phenolic OH excluding ortho intramolecular Hbond substituents is 1. The van der Waals surface area contributed by atoms with Gasteiger partial charge in [-0.05, 0) is 30.3 Å². The zero-order chi connectivity index (χ0) is 16.9. The summed E-state index contributed by atoms with van der Waals surface area (Å²) < 4.78 is 38.4. The van der Waals surface area contributed by atoms with Crippen molar-refractivity contribution in [3.8, 4) is 11.4 Å². The first-order valence-electron chi connectivity index (χ1n) is 7.09. The molecule has 0 amide bonds. The fourth-order valence-electron chi connectivity index (χ4n) is 2.64. The molecule has 0 unspecified atom stereocenters. The summed E-state index contributed by atoms with van der Waals surface area (Å²) >= 11 is 0. The molecule has 3 aromatic carbocycles. The summed E-state index contributed by atoms with van der Waals surface area (Å²) in [4.78, 5) is 1.28. The molecule has 0 radical (unpaired) electrons. The molecule has 0 atom stereocenters. The molecule has 1 heterocycles. The lowest BCUT2D eigenvalue weighted by atomic mass is 10.1. The van der Waals surface area contributed by atoms with E-state index in [1.807, 2.05) is 0 Å². The lowest BCUT2D eigenvalue weighted by Gasteiger charge is -2.06. The summed E-state index contributed by atoms with van der Waals surface area (Å²) in [5, 5.41) is 19.7. The number of fused-ring (bicyclic) bond motifs is 2. The van der Waals surface area contributed by atoms with E-state index >= 15 is 0 Å². The number of alkyl halides is 3. The van der Waals surface area contributed by atoms with Crippen LogP contribution in [0, 0.1) is 0 Å². The molecule has 0 bridgehead atoms. The molecule has 0 aliphatic carbocycles. The van der Waals surface area contributed by atoms with E-state index in [1.165, 1.54) is 16.9 Å². The monoisotopic (exact) mass is 329 g/mol. The van der Waals surface area contributed by atoms with Crippen molar-refractivity contribution in [3.63, 3.8) is 0 Å². The van der Waals surface area contributed by atoms with Gasteiger partial charge in [0.05, 0.1) is 11.3 Å². The number of benzene rings is 3. The first-order chi connectivity index (χ1) is 11.4. The topological polar surface area (TPSA) is 50.9 Å². The minimum absolute atomic E-state index is 0.116. The van der Waals surface area contributed by atoms with E-state index in [9.17, 15) is 18.3 Å². The van der Waals surface area contributed by atoms with Crippen molar-refractivity contribution in [1.82, 2.24) is 15.0 Å². The van der Waals surface area contributed by atoms with Gasteiger partial charge in [0.1, 0.15) is 16.8 Å². The Kier molecular flexibility index (Phi) is 2.99. The summed E-state index contributed by atoms with van der Waals surface area (Å²) in [5.74, 6) is 0.116. The maximum Gasteiger partial charge on any atom is 0.416 e. The van der Waals surface area contributed by atoms with Gasteiger partial charge < -0.3 is 5.11 Å². The number of aromatic nitrogens is 3. The highest BCUT2D eigenvalue weighted by molar-refractivity contribution is 5.94. The van der Waals surface area contributed by atoms with Crippen molar-refractivity contribution < 1.29 is 18.3 Å². The van der Waals surface area contributed by atoms with E-state index in [1.54, 1.807) is 30.3 Å². The molecule has 0 fully saturated rings. The largest absolute Gasteiger partial charge is 0.507 e. The van der Waals surface area contributed by atoms with Gasteiger partial charge >= 0.3 is 6.18 Å². The number of hydrogen-bond donors (Lipinski definition) is 1. The van der Waals surface area contributed by atoms with Crippen LogP contribution in [0.15, 0.2) is 54.6 Å². The molecule has 0 saturated heterocycles. The van der Waals surface area contributed by atoms with Gasteiger partial charge in [0, 0.05) is 10.8 Å². The fraction of sp³-hybridized carbons (Fsp3) is 0.0588. The van der Waals surface area contributed by atoms with Crippen LogP contribution in [0.5, 0.6) is 5.75 Å². The van der Waals surface area contributed by atoms with E-state index in [4.69, 9.17) is 0 Å². The van der Waals surface area contributed by atoms with E-state index in [0.717, 1.165) is 12.1 Å². The third-order valence-electron chi connectivity index (χ3n) is 3.80. The average molecular weight is 329 g/mol. The minimum atomic E-state index is -4.43. The molecule has 7 heteroatoms. The van der Waals surface area contributed by atoms with Crippen LogP contribution in [-0.4, -0.2) is 20.1 Å². The molecule has 1 aromatic heterocycles. The number of rotatable bonds is 1. The Hall–Kier alpha value is -3.09. The molecule has 4 rings (SSSR count). The van der Waals surface area contributed by atoms with E-state index in [2.05, 4.69) is 10.2 Å². The van der Waals surface area contributed by atoms with Gasteiger partial charge in [-0.25, -0.2) is 0 Å². The maximum absolute atomic E-state index is 12.8. The summed E-state index contributed by atoms with van der Waals surface area (Å²) in [7, 11) is 0. The van der Waals surface area contributed by atoms with Gasteiger partial charge in [-0.15, -0.1) is 15.0 Å². The number of hydrogen-bond acceptors (Lipinski definition) is 3. The predicted octanol–water partition coefficient (Wildman–Crippen LogP) is 4.30. The highest BCUT2D eigenvalue weighted by Crippen LogP contribution is 2.32. The van der Waals surface area contributed by atoms with Gasteiger partial charge in [-0.3, -0.25) is 0 Å². The van der Waals surface area contributed by atoms with Crippen molar-refractivity contribution in [2.75, 3.05) is 0 Å². The summed E-state index contributed by atoms with van der Waals surface area (Å²) in [6.45, 7) is 0. The van der Waals surface area contributed by atoms with Crippen LogP contribution < -0.4 is 0 Å². The Bertz CT molecular complexity index is 1070. The molecule has 0 spiro atoms. The second-order valence-electron chi connectivity index (χ2n) is 5.34. The van der Waals surface area contributed by atoms with Crippen molar-refractivity contribution >= 4 is 21.8 Å². The van der Waals surface area contributed by atoms with Gasteiger partial charge in [0.15, 0.2) is 0 Å². The van der Waals surface area contributed by atoms with Crippen molar-refractivity contribution in [2.24, 2.45) is 0 Å². The predicted molar refractivity (Wildman–Crippen MR) is 83.0 cm³/mol.